The predicted octanol–water partition coefficient (Wildman–Crippen LogP) is 3.36. The zero-order chi connectivity index (χ0) is 13.1. The molecule has 0 atom stereocenters. The molecule has 19 heavy (non-hydrogen) atoms. The van der Waals surface area contributed by atoms with Gasteiger partial charge in [-0.05, 0) is 36.5 Å². The van der Waals surface area contributed by atoms with Crippen molar-refractivity contribution < 1.29 is 4.74 Å². The lowest BCUT2D eigenvalue weighted by Crippen LogP contribution is -2.07. The van der Waals surface area contributed by atoms with Crippen LogP contribution in [-0.2, 0) is 17.6 Å². The van der Waals surface area contributed by atoms with Crippen molar-refractivity contribution >= 4 is 16.5 Å². The molecule has 3 rings (SSSR count). The number of hydrogen-bond acceptors (Lipinski definition) is 4. The quantitative estimate of drug-likeness (QED) is 0.849. The summed E-state index contributed by atoms with van der Waals surface area (Å²) in [6, 6.07) is 6.75. The van der Waals surface area contributed by atoms with Gasteiger partial charge in [0, 0.05) is 24.6 Å². The van der Waals surface area contributed by atoms with Crippen LogP contribution in [0.4, 0.5) is 5.13 Å². The van der Waals surface area contributed by atoms with E-state index in [4.69, 9.17) is 4.74 Å². The Kier molecular flexibility index (Phi) is 3.80. The molecule has 1 aromatic carbocycles. The number of methoxy groups -OCH3 is 1. The fourth-order valence-electron chi connectivity index (χ4n) is 2.48. The summed E-state index contributed by atoms with van der Waals surface area (Å²) in [5.41, 5.74) is 5.31. The molecule has 3 nitrogen and oxygen atoms in total. The lowest BCUT2D eigenvalue weighted by Gasteiger charge is -2.02. The van der Waals surface area contributed by atoms with Crippen LogP contribution in [0.1, 0.15) is 17.5 Å². The Bertz CT molecular complexity index is 565. The molecule has 0 spiro atoms. The summed E-state index contributed by atoms with van der Waals surface area (Å²) in [7, 11) is 1.71. The second-order valence-electron chi connectivity index (χ2n) is 4.79. The van der Waals surface area contributed by atoms with Gasteiger partial charge in [0.15, 0.2) is 5.13 Å². The molecular weight excluding hydrogens is 256 g/mol. The Morgan fingerprint density at radius 3 is 3.11 bits per heavy atom. The molecule has 1 aliphatic carbocycles. The van der Waals surface area contributed by atoms with Crippen LogP contribution >= 0.6 is 11.3 Å². The average molecular weight is 274 g/mol. The summed E-state index contributed by atoms with van der Waals surface area (Å²) in [5, 5.41) is 6.35. The van der Waals surface area contributed by atoms with Gasteiger partial charge >= 0.3 is 0 Å². The predicted molar refractivity (Wildman–Crippen MR) is 79.9 cm³/mol. The number of hydrogen-bond donors (Lipinski definition) is 1. The zero-order valence-electron chi connectivity index (χ0n) is 11.1. The summed E-state index contributed by atoms with van der Waals surface area (Å²) in [5.74, 6) is 0. The maximum Gasteiger partial charge on any atom is 0.183 e. The Balaban J connectivity index is 1.75. The van der Waals surface area contributed by atoms with Gasteiger partial charge in [0.2, 0.25) is 0 Å². The lowest BCUT2D eigenvalue weighted by molar-refractivity contribution is 0.211. The number of fused-ring (bicyclic) bond motifs is 1. The van der Waals surface area contributed by atoms with Crippen molar-refractivity contribution in [2.75, 3.05) is 25.6 Å². The second-order valence-corrected chi connectivity index (χ2v) is 5.65. The van der Waals surface area contributed by atoms with Crippen LogP contribution in [0, 0.1) is 0 Å². The highest BCUT2D eigenvalue weighted by Crippen LogP contribution is 2.29. The van der Waals surface area contributed by atoms with E-state index in [2.05, 4.69) is 33.9 Å². The van der Waals surface area contributed by atoms with Crippen molar-refractivity contribution in [3.05, 3.63) is 34.7 Å². The first-order chi connectivity index (χ1) is 9.36. The van der Waals surface area contributed by atoms with Gasteiger partial charge in [0.05, 0.1) is 12.3 Å². The molecule has 0 amide bonds. The third-order valence-corrected chi connectivity index (χ3v) is 4.28. The highest BCUT2D eigenvalue weighted by Gasteiger charge is 2.12. The molecule has 1 aromatic heterocycles. The number of thiazole rings is 1. The van der Waals surface area contributed by atoms with Gasteiger partial charge in [-0.25, -0.2) is 4.98 Å². The number of ether oxygens (including phenoxy) is 1. The minimum atomic E-state index is 0.702. The van der Waals surface area contributed by atoms with E-state index in [0.29, 0.717) is 6.61 Å². The first kappa shape index (κ1) is 12.6. The number of nitrogens with zero attached hydrogens (tertiary/aromatic N) is 1. The number of anilines is 1. The van der Waals surface area contributed by atoms with Gasteiger partial charge in [-0.1, -0.05) is 12.1 Å². The van der Waals surface area contributed by atoms with Gasteiger partial charge in [0.25, 0.3) is 0 Å². The fraction of sp³-hybridized carbons (Fsp3) is 0.400. The third-order valence-electron chi connectivity index (χ3n) is 3.48. The van der Waals surface area contributed by atoms with Crippen LogP contribution in [0.25, 0.3) is 11.3 Å². The third kappa shape index (κ3) is 2.80. The highest BCUT2D eigenvalue weighted by atomic mass is 32.1. The van der Waals surface area contributed by atoms with Crippen molar-refractivity contribution in [1.82, 2.24) is 4.98 Å². The summed E-state index contributed by atoms with van der Waals surface area (Å²) in [4.78, 5) is 4.63. The molecule has 4 heteroatoms. The topological polar surface area (TPSA) is 34.1 Å². The molecule has 0 aliphatic heterocycles. The molecule has 1 N–H and O–H groups in total. The second kappa shape index (κ2) is 5.72. The van der Waals surface area contributed by atoms with Crippen molar-refractivity contribution in [3.63, 3.8) is 0 Å². The SMILES string of the molecule is COCCNc1nc(-c2ccc3c(c2)CCC3)cs1. The summed E-state index contributed by atoms with van der Waals surface area (Å²) < 4.78 is 5.02. The van der Waals surface area contributed by atoms with Crippen LogP contribution in [0.5, 0.6) is 0 Å². The fourth-order valence-corrected chi connectivity index (χ4v) is 3.23. The monoisotopic (exact) mass is 274 g/mol. The summed E-state index contributed by atoms with van der Waals surface area (Å²) in [6.45, 7) is 1.50. The van der Waals surface area contributed by atoms with E-state index in [0.717, 1.165) is 17.4 Å². The molecule has 0 bridgehead atoms. The van der Waals surface area contributed by atoms with E-state index in [1.807, 2.05) is 0 Å². The smallest absolute Gasteiger partial charge is 0.183 e. The van der Waals surface area contributed by atoms with Gasteiger partial charge in [-0.15, -0.1) is 11.3 Å². The van der Waals surface area contributed by atoms with Gasteiger partial charge in [0.1, 0.15) is 0 Å². The number of aromatic nitrogens is 1. The minimum absolute atomic E-state index is 0.702. The van der Waals surface area contributed by atoms with Crippen molar-refractivity contribution in [3.8, 4) is 11.3 Å². The van der Waals surface area contributed by atoms with Crippen LogP contribution < -0.4 is 5.32 Å². The Morgan fingerprint density at radius 2 is 2.21 bits per heavy atom. The van der Waals surface area contributed by atoms with Crippen molar-refractivity contribution in [2.45, 2.75) is 19.3 Å². The maximum absolute atomic E-state index is 5.02. The van der Waals surface area contributed by atoms with Crippen molar-refractivity contribution in [1.29, 1.82) is 0 Å². The lowest BCUT2D eigenvalue weighted by atomic mass is 10.1. The van der Waals surface area contributed by atoms with Crippen LogP contribution in [0.15, 0.2) is 23.6 Å². The first-order valence-electron chi connectivity index (χ1n) is 6.67. The van der Waals surface area contributed by atoms with E-state index < -0.39 is 0 Å². The molecule has 1 aliphatic rings. The highest BCUT2D eigenvalue weighted by molar-refractivity contribution is 7.14. The molecule has 0 unspecified atom stereocenters. The normalized spacial score (nSPS) is 13.5. The molecule has 0 fully saturated rings. The average Bonchev–Trinajstić information content (AvgIpc) is 3.06. The van der Waals surface area contributed by atoms with E-state index in [1.54, 1.807) is 18.4 Å². The zero-order valence-corrected chi connectivity index (χ0v) is 11.9. The van der Waals surface area contributed by atoms with E-state index in [9.17, 15) is 0 Å². The van der Waals surface area contributed by atoms with E-state index in [-0.39, 0.29) is 0 Å². The van der Waals surface area contributed by atoms with Crippen LogP contribution in [-0.4, -0.2) is 25.2 Å². The maximum atomic E-state index is 5.02. The Hall–Kier alpha value is -1.39. The number of benzene rings is 1. The van der Waals surface area contributed by atoms with Crippen LogP contribution in [0.2, 0.25) is 0 Å². The summed E-state index contributed by atoms with van der Waals surface area (Å²) >= 11 is 1.65. The van der Waals surface area contributed by atoms with Gasteiger partial charge in [-0.2, -0.15) is 0 Å². The first-order valence-corrected chi connectivity index (χ1v) is 7.55. The largest absolute Gasteiger partial charge is 0.383 e. The van der Waals surface area contributed by atoms with Crippen molar-refractivity contribution in [2.24, 2.45) is 0 Å². The molecule has 100 valence electrons. The van der Waals surface area contributed by atoms with Gasteiger partial charge in [-0.3, -0.25) is 0 Å². The molecular formula is C15H18N2OS. The standard InChI is InChI=1S/C15H18N2OS/c1-18-8-7-16-15-17-14(10-19-15)13-6-5-11-3-2-4-12(11)9-13/h5-6,9-10H,2-4,7-8H2,1H3,(H,16,17). The van der Waals surface area contributed by atoms with Crippen LogP contribution in [0.3, 0.4) is 0 Å². The molecule has 0 radical (unpaired) electrons. The molecule has 0 saturated heterocycles. The van der Waals surface area contributed by atoms with E-state index >= 15 is 0 Å². The number of rotatable bonds is 5. The van der Waals surface area contributed by atoms with Gasteiger partial charge < -0.3 is 10.1 Å². The Morgan fingerprint density at radius 1 is 1.32 bits per heavy atom. The van der Waals surface area contributed by atoms with E-state index in [1.165, 1.54) is 36.0 Å². The minimum Gasteiger partial charge on any atom is -0.383 e. The molecule has 1 heterocycles. The number of aryl methyl sites for hydroxylation is 2. The summed E-state index contributed by atoms with van der Waals surface area (Å²) in [6.07, 6.45) is 3.74. The molecule has 2 aromatic rings. The Labute approximate surface area is 117 Å². The number of nitrogens with one attached hydrogen (secondary N) is 1. The molecule has 0 saturated carbocycles.